The molecular weight excluding hydrogens is 368 g/mol. The first-order valence-electron chi connectivity index (χ1n) is 7.65. The number of para-hydroxylation sites is 1. The van der Waals surface area contributed by atoms with Crippen LogP contribution in [0.15, 0.2) is 48.5 Å². The van der Waals surface area contributed by atoms with E-state index in [2.05, 4.69) is 5.32 Å². The van der Waals surface area contributed by atoms with Crippen LogP contribution >= 0.6 is 30.8 Å². The van der Waals surface area contributed by atoms with Crippen molar-refractivity contribution in [1.29, 1.82) is 0 Å². The number of hydrogen-bond acceptors (Lipinski definition) is 4. The van der Waals surface area contributed by atoms with Crippen LogP contribution < -0.4 is 5.32 Å². The molecule has 0 heterocycles. The summed E-state index contributed by atoms with van der Waals surface area (Å²) in [7, 11) is -3.50. The molecule has 0 spiro atoms. The van der Waals surface area contributed by atoms with Crippen LogP contribution in [0.4, 0.5) is 5.69 Å². The topological polar surface area (TPSA) is 47.6 Å². The van der Waals surface area contributed by atoms with Gasteiger partial charge in [-0.05, 0) is 38.1 Å². The molecule has 0 aliphatic carbocycles. The van der Waals surface area contributed by atoms with Gasteiger partial charge in [-0.1, -0.05) is 47.5 Å². The predicted octanol–water partition coefficient (Wildman–Crippen LogP) is 6.37. The quantitative estimate of drug-likeness (QED) is 0.534. The summed E-state index contributed by atoms with van der Waals surface area (Å²) in [5.74, 6) is -0.746. The van der Waals surface area contributed by atoms with E-state index >= 15 is 0 Å². The van der Waals surface area contributed by atoms with Crippen LogP contribution in [0.1, 0.15) is 25.2 Å². The first-order valence-corrected chi connectivity index (χ1v) is 10.0. The molecule has 0 aliphatic rings. The fraction of sp³-hybridized carbons (Fsp3) is 0.294. The zero-order valence-corrected chi connectivity index (χ0v) is 15.9. The van der Waals surface area contributed by atoms with E-state index in [1.54, 1.807) is 32.0 Å². The van der Waals surface area contributed by atoms with Crippen molar-refractivity contribution < 1.29 is 13.6 Å². The van der Waals surface area contributed by atoms with Crippen LogP contribution in [0.25, 0.3) is 0 Å². The molecule has 0 fully saturated rings. The Morgan fingerprint density at radius 2 is 1.67 bits per heavy atom. The molecule has 2 aromatic rings. The normalized spacial score (nSPS) is 12.8. The highest BCUT2D eigenvalue weighted by Crippen LogP contribution is 2.61. The third kappa shape index (κ3) is 4.75. The van der Waals surface area contributed by atoms with Gasteiger partial charge < -0.3 is 14.4 Å². The van der Waals surface area contributed by atoms with Gasteiger partial charge in [0.2, 0.25) is 0 Å². The lowest BCUT2D eigenvalue weighted by atomic mass is 10.2. The fourth-order valence-corrected chi connectivity index (χ4v) is 4.85. The molecule has 0 bridgehead atoms. The second-order valence-electron chi connectivity index (χ2n) is 4.95. The Kier molecular flexibility index (Phi) is 7.15. The van der Waals surface area contributed by atoms with Crippen molar-refractivity contribution in [1.82, 2.24) is 0 Å². The highest BCUT2D eigenvalue weighted by Gasteiger charge is 2.38. The average molecular weight is 388 g/mol. The lowest BCUT2D eigenvalue weighted by Crippen LogP contribution is -2.15. The van der Waals surface area contributed by atoms with Gasteiger partial charge in [0, 0.05) is 21.3 Å². The van der Waals surface area contributed by atoms with E-state index in [0.29, 0.717) is 15.6 Å². The Bertz CT molecular complexity index is 702. The standard InChI is InChI=1S/C17H20Cl2NO3P/c1-3-22-24(21,23-4-2)17(20-14-8-6-5-7-9-14)15-11-10-13(18)12-16(15)19/h5-12,17,20H,3-4H2,1-2H3/t17-/m0/s1. The molecule has 0 unspecified atom stereocenters. The molecule has 1 N–H and O–H groups in total. The fourth-order valence-electron chi connectivity index (χ4n) is 2.29. The molecule has 1 atom stereocenters. The minimum Gasteiger partial charge on any atom is -0.368 e. The average Bonchev–Trinajstić information content (AvgIpc) is 2.55. The van der Waals surface area contributed by atoms with Gasteiger partial charge in [-0.3, -0.25) is 4.57 Å². The van der Waals surface area contributed by atoms with E-state index in [9.17, 15) is 4.57 Å². The van der Waals surface area contributed by atoms with E-state index in [0.717, 1.165) is 5.69 Å². The van der Waals surface area contributed by atoms with Crippen molar-refractivity contribution in [2.45, 2.75) is 19.6 Å². The van der Waals surface area contributed by atoms with Gasteiger partial charge in [-0.15, -0.1) is 0 Å². The molecule has 7 heteroatoms. The molecule has 2 rings (SSSR count). The van der Waals surface area contributed by atoms with Gasteiger partial charge in [0.1, 0.15) is 0 Å². The van der Waals surface area contributed by atoms with E-state index in [4.69, 9.17) is 32.2 Å². The molecule has 0 aliphatic heterocycles. The van der Waals surface area contributed by atoms with Gasteiger partial charge in [0.15, 0.2) is 5.78 Å². The van der Waals surface area contributed by atoms with Crippen molar-refractivity contribution in [3.8, 4) is 0 Å². The summed E-state index contributed by atoms with van der Waals surface area (Å²) in [6.45, 7) is 4.06. The summed E-state index contributed by atoms with van der Waals surface area (Å²) in [5.41, 5.74) is 1.39. The van der Waals surface area contributed by atoms with Crippen LogP contribution in [-0.4, -0.2) is 13.2 Å². The number of hydrogen-bond donors (Lipinski definition) is 1. The maximum Gasteiger partial charge on any atom is 0.357 e. The molecule has 0 saturated carbocycles. The summed E-state index contributed by atoms with van der Waals surface area (Å²) in [5, 5.41) is 4.13. The summed E-state index contributed by atoms with van der Waals surface area (Å²) in [6.07, 6.45) is 0. The van der Waals surface area contributed by atoms with Gasteiger partial charge in [0.25, 0.3) is 0 Å². The Labute approximate surface area is 152 Å². The van der Waals surface area contributed by atoms with Crippen LogP contribution in [-0.2, 0) is 13.6 Å². The molecule has 0 radical (unpaired) electrons. The van der Waals surface area contributed by atoms with E-state index in [1.165, 1.54) is 0 Å². The molecule has 24 heavy (non-hydrogen) atoms. The molecule has 130 valence electrons. The zero-order valence-electron chi connectivity index (χ0n) is 13.5. The summed E-state index contributed by atoms with van der Waals surface area (Å²) in [6, 6.07) is 14.5. The number of rotatable bonds is 8. The Balaban J connectivity index is 2.49. The van der Waals surface area contributed by atoms with Crippen molar-refractivity contribution in [3.63, 3.8) is 0 Å². The molecule has 0 aromatic heterocycles. The van der Waals surface area contributed by atoms with E-state index < -0.39 is 13.4 Å². The lowest BCUT2D eigenvalue weighted by molar-refractivity contribution is 0.214. The van der Waals surface area contributed by atoms with Gasteiger partial charge in [-0.2, -0.15) is 0 Å². The minimum atomic E-state index is -3.50. The smallest absolute Gasteiger partial charge is 0.357 e. The Hall–Kier alpha value is -1.03. The SMILES string of the molecule is CCOP(=O)(OCC)[C@H](Nc1ccccc1)c1ccc(Cl)cc1Cl. The summed E-state index contributed by atoms with van der Waals surface area (Å²) < 4.78 is 24.4. The highest BCUT2D eigenvalue weighted by molar-refractivity contribution is 7.54. The van der Waals surface area contributed by atoms with Gasteiger partial charge in [0.05, 0.1) is 13.2 Å². The second kappa shape index (κ2) is 8.89. The third-order valence-corrected chi connectivity index (χ3v) is 6.11. The molecule has 0 amide bonds. The van der Waals surface area contributed by atoms with Crippen molar-refractivity contribution in [2.75, 3.05) is 18.5 Å². The lowest BCUT2D eigenvalue weighted by Gasteiger charge is -2.28. The molecule has 0 saturated heterocycles. The first-order chi connectivity index (χ1) is 11.5. The maximum atomic E-state index is 13.4. The molecule has 4 nitrogen and oxygen atoms in total. The Morgan fingerprint density at radius 3 is 2.21 bits per heavy atom. The molecule has 2 aromatic carbocycles. The van der Waals surface area contributed by atoms with Gasteiger partial charge in [-0.25, -0.2) is 0 Å². The largest absolute Gasteiger partial charge is 0.368 e. The van der Waals surface area contributed by atoms with Crippen LogP contribution in [0, 0.1) is 0 Å². The number of anilines is 1. The van der Waals surface area contributed by atoms with Crippen molar-refractivity contribution in [2.24, 2.45) is 0 Å². The van der Waals surface area contributed by atoms with E-state index in [1.807, 2.05) is 30.3 Å². The molecular formula is C17H20Cl2NO3P. The Morgan fingerprint density at radius 1 is 1.04 bits per heavy atom. The summed E-state index contributed by atoms with van der Waals surface area (Å²) >= 11 is 12.3. The number of nitrogens with one attached hydrogen (secondary N) is 1. The first kappa shape index (κ1) is 19.3. The number of halogens is 2. The predicted molar refractivity (Wildman–Crippen MR) is 100 cm³/mol. The van der Waals surface area contributed by atoms with E-state index in [-0.39, 0.29) is 13.2 Å². The van der Waals surface area contributed by atoms with Crippen LogP contribution in [0.5, 0.6) is 0 Å². The second-order valence-corrected chi connectivity index (χ2v) is 7.91. The van der Waals surface area contributed by atoms with Crippen molar-refractivity contribution in [3.05, 3.63) is 64.1 Å². The van der Waals surface area contributed by atoms with Crippen molar-refractivity contribution >= 4 is 36.5 Å². The third-order valence-electron chi connectivity index (χ3n) is 3.27. The number of benzene rings is 2. The van der Waals surface area contributed by atoms with Gasteiger partial charge >= 0.3 is 7.60 Å². The minimum absolute atomic E-state index is 0.259. The summed E-state index contributed by atoms with van der Waals surface area (Å²) in [4.78, 5) is 0. The van der Waals surface area contributed by atoms with Crippen LogP contribution in [0.3, 0.4) is 0 Å². The highest BCUT2D eigenvalue weighted by atomic mass is 35.5. The van der Waals surface area contributed by atoms with Crippen LogP contribution in [0.2, 0.25) is 10.0 Å². The maximum absolute atomic E-state index is 13.4. The zero-order chi connectivity index (χ0) is 17.6. The monoisotopic (exact) mass is 387 g/mol.